The standard InChI is InChI=1S/C11H20O5/c1-4-15-10(16-5-2)11(6-7-11)8(14-3)9(12)13/h8,10H,4-7H2,1-3H3,(H,12,13). The molecule has 1 rings (SSSR count). The average Bonchev–Trinajstić information content (AvgIpc) is 2.99. The van der Waals surface area contributed by atoms with E-state index in [0.29, 0.717) is 13.2 Å². The van der Waals surface area contributed by atoms with Gasteiger partial charge in [0.25, 0.3) is 0 Å². The summed E-state index contributed by atoms with van der Waals surface area (Å²) in [7, 11) is 1.41. The van der Waals surface area contributed by atoms with Crippen molar-refractivity contribution in [3.05, 3.63) is 0 Å². The van der Waals surface area contributed by atoms with Crippen molar-refractivity contribution in [1.82, 2.24) is 0 Å². The summed E-state index contributed by atoms with van der Waals surface area (Å²) in [6, 6.07) is 0. The number of aliphatic carboxylic acids is 1. The number of rotatable bonds is 8. The lowest BCUT2D eigenvalue weighted by Gasteiger charge is -2.30. The van der Waals surface area contributed by atoms with Gasteiger partial charge in [-0.2, -0.15) is 0 Å². The van der Waals surface area contributed by atoms with E-state index in [1.807, 2.05) is 13.8 Å². The molecule has 0 aliphatic heterocycles. The average molecular weight is 232 g/mol. The third-order valence-corrected chi connectivity index (χ3v) is 2.92. The summed E-state index contributed by atoms with van der Waals surface area (Å²) in [5, 5.41) is 9.10. The van der Waals surface area contributed by atoms with Gasteiger partial charge in [0.15, 0.2) is 12.4 Å². The van der Waals surface area contributed by atoms with Crippen LogP contribution in [0.2, 0.25) is 0 Å². The molecule has 1 fully saturated rings. The van der Waals surface area contributed by atoms with Crippen LogP contribution in [0.4, 0.5) is 0 Å². The number of ether oxygens (including phenoxy) is 3. The molecule has 0 heterocycles. The quantitative estimate of drug-likeness (QED) is 0.638. The van der Waals surface area contributed by atoms with Crippen LogP contribution in [0, 0.1) is 5.41 Å². The molecule has 16 heavy (non-hydrogen) atoms. The molecule has 0 bridgehead atoms. The van der Waals surface area contributed by atoms with Gasteiger partial charge in [-0.25, -0.2) is 4.79 Å². The number of carboxylic acid groups (broad SMARTS) is 1. The number of carbonyl (C=O) groups is 1. The Kier molecular flexibility index (Phi) is 4.70. The van der Waals surface area contributed by atoms with Gasteiger partial charge in [0.05, 0.1) is 5.41 Å². The molecule has 0 aromatic carbocycles. The van der Waals surface area contributed by atoms with Crippen molar-refractivity contribution >= 4 is 5.97 Å². The maximum Gasteiger partial charge on any atom is 0.333 e. The Labute approximate surface area is 95.7 Å². The van der Waals surface area contributed by atoms with Gasteiger partial charge in [-0.1, -0.05) is 0 Å². The third kappa shape index (κ3) is 2.53. The van der Waals surface area contributed by atoms with Gasteiger partial charge in [-0.05, 0) is 26.7 Å². The molecule has 1 aliphatic rings. The highest BCUT2D eigenvalue weighted by atomic mass is 16.7. The van der Waals surface area contributed by atoms with Gasteiger partial charge in [-0.15, -0.1) is 0 Å². The summed E-state index contributed by atoms with van der Waals surface area (Å²) in [5.74, 6) is -0.954. The van der Waals surface area contributed by atoms with Gasteiger partial charge in [-0.3, -0.25) is 0 Å². The molecule has 1 aliphatic carbocycles. The van der Waals surface area contributed by atoms with Crippen LogP contribution < -0.4 is 0 Å². The first-order chi connectivity index (χ1) is 7.62. The number of methoxy groups -OCH3 is 1. The molecule has 0 saturated heterocycles. The normalized spacial score (nSPS) is 19.8. The van der Waals surface area contributed by atoms with E-state index in [4.69, 9.17) is 19.3 Å². The van der Waals surface area contributed by atoms with Crippen molar-refractivity contribution in [3.63, 3.8) is 0 Å². The minimum Gasteiger partial charge on any atom is -0.479 e. The van der Waals surface area contributed by atoms with Crippen LogP contribution in [0.25, 0.3) is 0 Å². The molecule has 0 spiro atoms. The Bertz CT molecular complexity index is 231. The second-order valence-corrected chi connectivity index (χ2v) is 3.93. The molecule has 94 valence electrons. The molecule has 0 aromatic rings. The first-order valence-electron chi connectivity index (χ1n) is 5.61. The lowest BCUT2D eigenvalue weighted by atomic mass is 9.98. The SMILES string of the molecule is CCOC(OCC)C1(C(OC)C(=O)O)CC1. The van der Waals surface area contributed by atoms with Crippen molar-refractivity contribution < 1.29 is 24.1 Å². The first kappa shape index (κ1) is 13.4. The van der Waals surface area contributed by atoms with E-state index in [-0.39, 0.29) is 0 Å². The second kappa shape index (κ2) is 5.61. The number of hydrogen-bond acceptors (Lipinski definition) is 4. The molecule has 1 saturated carbocycles. The Hall–Kier alpha value is -0.650. The fourth-order valence-electron chi connectivity index (χ4n) is 2.03. The van der Waals surface area contributed by atoms with Crippen LogP contribution in [0.1, 0.15) is 26.7 Å². The predicted molar refractivity (Wildman–Crippen MR) is 57.1 cm³/mol. The fraction of sp³-hybridized carbons (Fsp3) is 0.909. The van der Waals surface area contributed by atoms with Gasteiger partial charge in [0, 0.05) is 20.3 Å². The van der Waals surface area contributed by atoms with E-state index in [1.54, 1.807) is 0 Å². The maximum atomic E-state index is 11.1. The topological polar surface area (TPSA) is 65.0 Å². The third-order valence-electron chi connectivity index (χ3n) is 2.92. The van der Waals surface area contributed by atoms with Crippen LogP contribution in [0.3, 0.4) is 0 Å². The van der Waals surface area contributed by atoms with E-state index in [1.165, 1.54) is 7.11 Å². The van der Waals surface area contributed by atoms with Crippen molar-refractivity contribution in [3.8, 4) is 0 Å². The van der Waals surface area contributed by atoms with Crippen molar-refractivity contribution in [2.24, 2.45) is 5.41 Å². The highest BCUT2D eigenvalue weighted by Gasteiger charge is 2.59. The lowest BCUT2D eigenvalue weighted by molar-refractivity contribution is -0.207. The molecule has 5 heteroatoms. The van der Waals surface area contributed by atoms with Crippen molar-refractivity contribution in [1.29, 1.82) is 0 Å². The summed E-state index contributed by atoms with van der Waals surface area (Å²) in [4.78, 5) is 11.1. The van der Waals surface area contributed by atoms with E-state index in [2.05, 4.69) is 0 Å². The minimum atomic E-state index is -0.954. The summed E-state index contributed by atoms with van der Waals surface area (Å²) < 4.78 is 16.0. The summed E-state index contributed by atoms with van der Waals surface area (Å²) >= 11 is 0. The summed E-state index contributed by atoms with van der Waals surface area (Å²) in [5.41, 5.74) is -0.507. The molecule has 0 aromatic heterocycles. The van der Waals surface area contributed by atoms with Crippen LogP contribution in [-0.2, 0) is 19.0 Å². The van der Waals surface area contributed by atoms with E-state index < -0.39 is 23.8 Å². The van der Waals surface area contributed by atoms with Crippen LogP contribution in [0.5, 0.6) is 0 Å². The van der Waals surface area contributed by atoms with Crippen molar-refractivity contribution in [2.75, 3.05) is 20.3 Å². The highest BCUT2D eigenvalue weighted by molar-refractivity contribution is 5.74. The monoisotopic (exact) mass is 232 g/mol. The molecule has 1 N–H and O–H groups in total. The predicted octanol–water partition coefficient (Wildman–Crippen LogP) is 1.27. The van der Waals surface area contributed by atoms with Gasteiger partial charge in [0.2, 0.25) is 0 Å². The fourth-order valence-corrected chi connectivity index (χ4v) is 2.03. The maximum absolute atomic E-state index is 11.1. The molecular weight excluding hydrogens is 212 g/mol. The number of carboxylic acids is 1. The largest absolute Gasteiger partial charge is 0.479 e. The molecule has 0 radical (unpaired) electrons. The molecule has 1 unspecified atom stereocenters. The van der Waals surface area contributed by atoms with Crippen LogP contribution >= 0.6 is 0 Å². The molecular formula is C11H20O5. The number of hydrogen-bond donors (Lipinski definition) is 1. The molecule has 5 nitrogen and oxygen atoms in total. The van der Waals surface area contributed by atoms with Crippen molar-refractivity contribution in [2.45, 2.75) is 39.1 Å². The summed E-state index contributed by atoms with van der Waals surface area (Å²) in [6.07, 6.45) is 0.199. The second-order valence-electron chi connectivity index (χ2n) is 3.93. The smallest absolute Gasteiger partial charge is 0.333 e. The first-order valence-corrected chi connectivity index (χ1v) is 5.61. The van der Waals surface area contributed by atoms with E-state index >= 15 is 0 Å². The molecule has 1 atom stereocenters. The zero-order valence-electron chi connectivity index (χ0n) is 10.1. The summed E-state index contributed by atoms with van der Waals surface area (Å²) in [6.45, 7) is 4.74. The molecule has 0 amide bonds. The van der Waals surface area contributed by atoms with Crippen LogP contribution in [-0.4, -0.2) is 43.8 Å². The minimum absolute atomic E-state index is 0.483. The highest BCUT2D eigenvalue weighted by Crippen LogP contribution is 2.54. The zero-order chi connectivity index (χ0) is 12.2. The van der Waals surface area contributed by atoms with E-state index in [0.717, 1.165) is 12.8 Å². The van der Waals surface area contributed by atoms with Gasteiger partial charge in [0.1, 0.15) is 0 Å². The van der Waals surface area contributed by atoms with Crippen LogP contribution in [0.15, 0.2) is 0 Å². The Balaban J connectivity index is 2.76. The zero-order valence-corrected chi connectivity index (χ0v) is 10.1. The van der Waals surface area contributed by atoms with Gasteiger partial charge >= 0.3 is 5.97 Å². The van der Waals surface area contributed by atoms with Gasteiger partial charge < -0.3 is 19.3 Å². The Morgan fingerprint density at radius 1 is 1.31 bits per heavy atom. The van der Waals surface area contributed by atoms with E-state index in [9.17, 15) is 4.79 Å². The lowest BCUT2D eigenvalue weighted by Crippen LogP contribution is -2.43. The Morgan fingerprint density at radius 3 is 2.06 bits per heavy atom. The Morgan fingerprint density at radius 2 is 1.81 bits per heavy atom.